The normalized spacial score (nSPS) is 12.3. The van der Waals surface area contributed by atoms with E-state index in [1.807, 2.05) is 0 Å². The van der Waals surface area contributed by atoms with Gasteiger partial charge in [-0.15, -0.1) is 0 Å². The molecule has 0 heterocycles. The van der Waals surface area contributed by atoms with Crippen molar-refractivity contribution in [2.75, 3.05) is 11.6 Å². The van der Waals surface area contributed by atoms with E-state index in [2.05, 4.69) is 148 Å². The highest BCUT2D eigenvalue weighted by Gasteiger charge is 2.36. The molecule has 0 fully saturated rings. The molecule has 0 aromatic heterocycles. The van der Waals surface area contributed by atoms with Crippen LogP contribution < -0.4 is 21.2 Å². The van der Waals surface area contributed by atoms with Gasteiger partial charge in [-0.05, 0) is 48.6 Å². The summed E-state index contributed by atoms with van der Waals surface area (Å²) < 4.78 is 0. The van der Waals surface area contributed by atoms with Gasteiger partial charge in [0.05, 0.1) is 0 Å². The third-order valence-electron chi connectivity index (χ3n) is 6.40. The largest absolute Gasteiger partial charge is 0.0693 e. The highest BCUT2D eigenvalue weighted by Crippen LogP contribution is 2.42. The average Bonchev–Trinajstić information content (AvgIpc) is 2.87. The molecule has 180 valence electrons. The van der Waals surface area contributed by atoms with E-state index >= 15 is 0 Å². The minimum atomic E-state index is -1.44. The fraction of sp³-hybridized carbons (Fsp3) is 0.226. The Bertz CT molecular complexity index is 990. The number of hydrogen-bond acceptors (Lipinski definition) is 0. The lowest BCUT2D eigenvalue weighted by molar-refractivity contribution is 1.48. The summed E-state index contributed by atoms with van der Waals surface area (Å²) in [5, 5.41) is 6.13. The summed E-state index contributed by atoms with van der Waals surface area (Å²) in [4.78, 5) is 0. The van der Waals surface area contributed by atoms with Gasteiger partial charge in [-0.2, -0.15) is 0 Å². The zero-order chi connectivity index (χ0) is 24.7. The monoisotopic (exact) mass is 528 g/mol. The third-order valence-corrected chi connectivity index (χ3v) is 27.1. The number of benzene rings is 4. The molecule has 0 N–H and O–H groups in total. The first-order valence-electron chi connectivity index (χ1n) is 12.6. The molecule has 0 saturated heterocycles. The molecule has 0 unspecified atom stereocenters. The van der Waals surface area contributed by atoms with Crippen LogP contribution in [-0.2, 0) is 0 Å². The summed E-state index contributed by atoms with van der Waals surface area (Å²) in [6, 6.07) is 45.2. The summed E-state index contributed by atoms with van der Waals surface area (Å²) in [6.45, 7) is 10.7. The third kappa shape index (κ3) is 7.58. The smallest absolute Gasteiger partial charge is 0.0497 e. The molecular weight excluding hydrogens is 490 g/mol. The van der Waals surface area contributed by atoms with Gasteiger partial charge in [0.15, 0.2) is 0 Å². The van der Waals surface area contributed by atoms with E-state index in [0.29, 0.717) is 0 Å². The van der Waals surface area contributed by atoms with E-state index in [1.54, 1.807) is 0 Å². The van der Waals surface area contributed by atoms with E-state index in [4.69, 9.17) is 0 Å². The first-order chi connectivity index (χ1) is 16.8. The van der Waals surface area contributed by atoms with E-state index < -0.39 is 16.1 Å². The first kappa shape index (κ1) is 26.2. The van der Waals surface area contributed by atoms with Crippen LogP contribution in [0.15, 0.2) is 121 Å². The van der Waals surface area contributed by atoms with Crippen LogP contribution in [0.1, 0.15) is 0 Å². The van der Waals surface area contributed by atoms with Crippen molar-refractivity contribution in [2.24, 2.45) is 0 Å². The maximum atomic E-state index is 2.66. The highest BCUT2D eigenvalue weighted by molar-refractivity contribution is 7.76. The SMILES string of the molecule is C[Si](C)(CP(c1ccccc1)c1ccccc1)C[Si](C)(C)CP(c1ccccc1)c1ccccc1. The second kappa shape index (κ2) is 11.9. The second-order valence-corrected chi connectivity index (χ2v) is 27.4. The molecule has 0 atom stereocenters. The van der Waals surface area contributed by atoms with Crippen molar-refractivity contribution in [3.05, 3.63) is 121 Å². The molecular formula is C31H38P2Si2. The Hall–Kier alpha value is -1.83. The fourth-order valence-corrected chi connectivity index (χ4v) is 31.1. The molecule has 0 amide bonds. The van der Waals surface area contributed by atoms with Crippen LogP contribution in [0, 0.1) is 0 Å². The van der Waals surface area contributed by atoms with Gasteiger partial charge in [-0.25, -0.2) is 0 Å². The van der Waals surface area contributed by atoms with Crippen LogP contribution in [0.25, 0.3) is 0 Å². The van der Waals surface area contributed by atoms with E-state index in [9.17, 15) is 0 Å². The molecule has 4 aromatic carbocycles. The average molecular weight is 529 g/mol. The Morgan fingerprint density at radius 2 is 0.629 bits per heavy atom. The topological polar surface area (TPSA) is 0 Å². The summed E-state index contributed by atoms with van der Waals surface area (Å²) in [5.74, 6) is 2.75. The minimum absolute atomic E-state index is 0.311. The molecule has 4 heteroatoms. The molecule has 0 nitrogen and oxygen atoms in total. The van der Waals surface area contributed by atoms with Crippen LogP contribution in [0.5, 0.6) is 0 Å². The lowest BCUT2D eigenvalue weighted by Crippen LogP contribution is -2.46. The Morgan fingerprint density at radius 1 is 0.400 bits per heavy atom. The zero-order valence-electron chi connectivity index (χ0n) is 21.6. The molecule has 0 aliphatic rings. The second-order valence-electron chi connectivity index (χ2n) is 11.0. The Morgan fingerprint density at radius 3 is 0.857 bits per heavy atom. The van der Waals surface area contributed by atoms with Crippen molar-refractivity contribution in [3.8, 4) is 0 Å². The van der Waals surface area contributed by atoms with Crippen LogP contribution >= 0.6 is 15.8 Å². The summed E-state index contributed by atoms with van der Waals surface area (Å²) in [5.41, 5.74) is 1.48. The molecule has 35 heavy (non-hydrogen) atoms. The predicted molar refractivity (Wildman–Crippen MR) is 168 cm³/mol. The lowest BCUT2D eigenvalue weighted by Gasteiger charge is -2.37. The molecule has 0 bridgehead atoms. The maximum Gasteiger partial charge on any atom is 0.0497 e. The van der Waals surface area contributed by atoms with Gasteiger partial charge < -0.3 is 0 Å². The predicted octanol–water partition coefficient (Wildman–Crippen LogP) is 7.29. The number of hydrogen-bond donors (Lipinski definition) is 0. The quantitative estimate of drug-likeness (QED) is 0.150. The molecule has 0 aliphatic carbocycles. The van der Waals surface area contributed by atoms with Gasteiger partial charge in [0.25, 0.3) is 0 Å². The summed E-state index contributed by atoms with van der Waals surface area (Å²) >= 11 is 0. The van der Waals surface area contributed by atoms with Crippen molar-refractivity contribution >= 4 is 53.2 Å². The van der Waals surface area contributed by atoms with Crippen LogP contribution in [0.2, 0.25) is 31.9 Å². The first-order valence-corrected chi connectivity index (χ1v) is 22.5. The fourth-order valence-electron chi connectivity index (χ4n) is 5.36. The van der Waals surface area contributed by atoms with Gasteiger partial charge >= 0.3 is 0 Å². The lowest BCUT2D eigenvalue weighted by atomic mass is 10.4. The Balaban J connectivity index is 1.57. The van der Waals surface area contributed by atoms with Gasteiger partial charge in [0, 0.05) is 16.1 Å². The van der Waals surface area contributed by atoms with Crippen molar-refractivity contribution in [3.63, 3.8) is 0 Å². The molecule has 4 aromatic rings. The van der Waals surface area contributed by atoms with Crippen LogP contribution in [-0.4, -0.2) is 27.7 Å². The Labute approximate surface area is 217 Å². The highest BCUT2D eigenvalue weighted by atomic mass is 31.1. The minimum Gasteiger partial charge on any atom is -0.0693 e. The molecule has 0 saturated carbocycles. The van der Waals surface area contributed by atoms with E-state index in [1.165, 1.54) is 38.5 Å². The van der Waals surface area contributed by atoms with Crippen molar-refractivity contribution in [1.29, 1.82) is 0 Å². The standard InChI is InChI=1S/C31H38P2Si2/c1-34(2,25-32(28-17-9-5-10-18-28)29-19-11-6-12-20-29)27-35(3,4)26-33(30-21-13-7-14-22-30)31-23-15-8-16-24-31/h5-24H,25-27H2,1-4H3. The number of rotatable bonds is 10. The molecule has 0 spiro atoms. The van der Waals surface area contributed by atoms with Crippen molar-refractivity contribution in [2.45, 2.75) is 31.9 Å². The summed E-state index contributed by atoms with van der Waals surface area (Å²) in [7, 11) is -3.49. The van der Waals surface area contributed by atoms with Crippen LogP contribution in [0.4, 0.5) is 0 Å². The maximum absolute atomic E-state index is 2.66. The van der Waals surface area contributed by atoms with Crippen molar-refractivity contribution in [1.82, 2.24) is 0 Å². The Kier molecular flexibility index (Phi) is 8.95. The van der Waals surface area contributed by atoms with Crippen LogP contribution in [0.3, 0.4) is 0 Å². The van der Waals surface area contributed by atoms with Gasteiger partial charge in [0.1, 0.15) is 0 Å². The molecule has 4 rings (SSSR count). The molecule has 0 radical (unpaired) electrons. The van der Waals surface area contributed by atoms with E-state index in [-0.39, 0.29) is 15.8 Å². The van der Waals surface area contributed by atoms with Gasteiger partial charge in [-0.3, -0.25) is 0 Å². The van der Waals surface area contributed by atoms with Gasteiger partial charge in [0.2, 0.25) is 0 Å². The summed E-state index contributed by atoms with van der Waals surface area (Å²) in [6.07, 6.45) is 0. The van der Waals surface area contributed by atoms with Crippen molar-refractivity contribution < 1.29 is 0 Å². The zero-order valence-corrected chi connectivity index (χ0v) is 25.4. The van der Waals surface area contributed by atoms with E-state index in [0.717, 1.165) is 0 Å². The van der Waals surface area contributed by atoms with Gasteiger partial charge in [-0.1, -0.05) is 153 Å². The molecule has 0 aliphatic heterocycles.